The standard InChI is InChI=1S/C21H20F2N4O3S/c22-16-3-6-18(23)19(13-16)31(29,30)27-11-7-15(8-12-27)21(28)26-17-4-1-14(2-5-17)20-24-9-10-25-20/h1-6,9-10,13,15H,7-8,11-12H2,(H,24,25)(H,26,28). The van der Waals surface area contributed by atoms with Gasteiger partial charge in [-0.25, -0.2) is 22.2 Å². The highest BCUT2D eigenvalue weighted by Gasteiger charge is 2.33. The average molecular weight is 446 g/mol. The van der Waals surface area contributed by atoms with Crippen LogP contribution < -0.4 is 5.32 Å². The molecule has 10 heteroatoms. The lowest BCUT2D eigenvalue weighted by Crippen LogP contribution is -2.41. The smallest absolute Gasteiger partial charge is 0.246 e. The fourth-order valence-corrected chi connectivity index (χ4v) is 5.10. The zero-order valence-electron chi connectivity index (χ0n) is 16.4. The number of carbonyl (C=O) groups is 1. The molecule has 7 nitrogen and oxygen atoms in total. The molecule has 1 amide bonds. The highest BCUT2D eigenvalue weighted by atomic mass is 32.2. The topological polar surface area (TPSA) is 95.2 Å². The fraction of sp³-hybridized carbons (Fsp3) is 0.238. The Morgan fingerprint density at radius 3 is 2.45 bits per heavy atom. The monoisotopic (exact) mass is 446 g/mol. The van der Waals surface area contributed by atoms with Crippen molar-refractivity contribution in [2.24, 2.45) is 5.92 Å². The number of nitrogens with zero attached hydrogens (tertiary/aromatic N) is 2. The molecule has 0 unspecified atom stereocenters. The first kappa shape index (κ1) is 21.1. The van der Waals surface area contributed by atoms with E-state index in [0.29, 0.717) is 11.8 Å². The summed E-state index contributed by atoms with van der Waals surface area (Å²) >= 11 is 0. The number of anilines is 1. The molecule has 31 heavy (non-hydrogen) atoms. The third-order valence-electron chi connectivity index (χ3n) is 5.26. The molecule has 0 atom stereocenters. The molecule has 162 valence electrons. The number of imidazole rings is 1. The molecule has 2 aromatic carbocycles. The molecule has 0 bridgehead atoms. The maximum atomic E-state index is 13.9. The van der Waals surface area contributed by atoms with E-state index in [1.54, 1.807) is 24.5 Å². The Bertz CT molecular complexity index is 1170. The zero-order valence-corrected chi connectivity index (χ0v) is 17.2. The molecule has 2 heterocycles. The number of H-pyrrole nitrogens is 1. The molecule has 3 aromatic rings. The molecule has 2 N–H and O–H groups in total. The van der Waals surface area contributed by atoms with Gasteiger partial charge in [0.1, 0.15) is 22.4 Å². The lowest BCUT2D eigenvalue weighted by molar-refractivity contribution is -0.120. The molecule has 0 spiro atoms. The van der Waals surface area contributed by atoms with Crippen molar-refractivity contribution in [1.82, 2.24) is 14.3 Å². The van der Waals surface area contributed by atoms with Crippen LogP contribution in [-0.2, 0) is 14.8 Å². The van der Waals surface area contributed by atoms with Gasteiger partial charge in [-0.3, -0.25) is 4.79 Å². The van der Waals surface area contributed by atoms with Gasteiger partial charge in [0, 0.05) is 42.7 Å². The molecule has 0 saturated carbocycles. The number of piperidine rings is 1. The molecule has 1 saturated heterocycles. The summed E-state index contributed by atoms with van der Waals surface area (Å²) < 4.78 is 53.8. The number of halogens is 2. The first-order valence-electron chi connectivity index (χ1n) is 9.70. The summed E-state index contributed by atoms with van der Waals surface area (Å²) in [6.07, 6.45) is 3.94. The lowest BCUT2D eigenvalue weighted by atomic mass is 9.97. The number of aromatic nitrogens is 2. The second-order valence-electron chi connectivity index (χ2n) is 7.26. The minimum atomic E-state index is -4.17. The minimum absolute atomic E-state index is 0.0494. The minimum Gasteiger partial charge on any atom is -0.345 e. The van der Waals surface area contributed by atoms with Crippen LogP contribution in [0.3, 0.4) is 0 Å². The van der Waals surface area contributed by atoms with E-state index in [2.05, 4.69) is 15.3 Å². The maximum absolute atomic E-state index is 13.9. The van der Waals surface area contributed by atoms with Gasteiger partial charge in [-0.1, -0.05) is 0 Å². The number of amides is 1. The van der Waals surface area contributed by atoms with Crippen LogP contribution in [0.4, 0.5) is 14.5 Å². The predicted molar refractivity (Wildman–Crippen MR) is 110 cm³/mol. The second-order valence-corrected chi connectivity index (χ2v) is 9.16. The van der Waals surface area contributed by atoms with Gasteiger partial charge in [0.25, 0.3) is 0 Å². The summed E-state index contributed by atoms with van der Waals surface area (Å²) in [6.45, 7) is 0.0988. The molecule has 1 fully saturated rings. The Labute approximate surface area is 178 Å². The van der Waals surface area contributed by atoms with Crippen molar-refractivity contribution in [2.75, 3.05) is 18.4 Å². The fourth-order valence-electron chi connectivity index (χ4n) is 3.55. The zero-order chi connectivity index (χ0) is 22.0. The van der Waals surface area contributed by atoms with Crippen LogP contribution in [0.1, 0.15) is 12.8 Å². The predicted octanol–water partition coefficient (Wildman–Crippen LogP) is 3.39. The van der Waals surface area contributed by atoms with Gasteiger partial charge in [0.2, 0.25) is 15.9 Å². The van der Waals surface area contributed by atoms with Gasteiger partial charge in [0.05, 0.1) is 0 Å². The normalized spacial score (nSPS) is 15.7. The van der Waals surface area contributed by atoms with E-state index in [1.807, 2.05) is 12.1 Å². The van der Waals surface area contributed by atoms with E-state index in [4.69, 9.17) is 0 Å². The maximum Gasteiger partial charge on any atom is 0.246 e. The highest BCUT2D eigenvalue weighted by Crippen LogP contribution is 2.27. The number of nitrogens with one attached hydrogen (secondary N) is 2. The number of carbonyl (C=O) groups excluding carboxylic acids is 1. The van der Waals surface area contributed by atoms with Crippen molar-refractivity contribution in [3.05, 3.63) is 66.5 Å². The van der Waals surface area contributed by atoms with Gasteiger partial charge in [-0.15, -0.1) is 0 Å². The van der Waals surface area contributed by atoms with E-state index >= 15 is 0 Å². The van der Waals surface area contributed by atoms with Crippen LogP contribution in [0, 0.1) is 17.6 Å². The first-order chi connectivity index (χ1) is 14.8. The number of hydrogen-bond donors (Lipinski definition) is 2. The SMILES string of the molecule is O=C(Nc1ccc(-c2ncc[nH]2)cc1)C1CCN(S(=O)(=O)c2cc(F)ccc2F)CC1. The number of sulfonamides is 1. The van der Waals surface area contributed by atoms with Crippen LogP contribution in [0.2, 0.25) is 0 Å². The van der Waals surface area contributed by atoms with Crippen molar-refractivity contribution in [2.45, 2.75) is 17.7 Å². The quantitative estimate of drug-likeness (QED) is 0.628. The van der Waals surface area contributed by atoms with E-state index in [1.165, 1.54) is 0 Å². The van der Waals surface area contributed by atoms with Gasteiger partial charge in [-0.2, -0.15) is 4.31 Å². The van der Waals surface area contributed by atoms with Crippen LogP contribution in [-0.4, -0.2) is 41.7 Å². The van der Waals surface area contributed by atoms with Gasteiger partial charge >= 0.3 is 0 Å². The summed E-state index contributed by atoms with van der Waals surface area (Å²) in [5.41, 5.74) is 1.50. The average Bonchev–Trinajstić information content (AvgIpc) is 3.31. The second kappa shape index (κ2) is 8.56. The Kier molecular flexibility index (Phi) is 5.84. The van der Waals surface area contributed by atoms with Gasteiger partial charge in [-0.05, 0) is 55.3 Å². The summed E-state index contributed by atoms with van der Waals surface area (Å²) in [7, 11) is -4.17. The number of benzene rings is 2. The van der Waals surface area contributed by atoms with Crippen LogP contribution in [0.15, 0.2) is 59.8 Å². The Morgan fingerprint density at radius 1 is 1.10 bits per heavy atom. The van der Waals surface area contributed by atoms with E-state index in [0.717, 1.165) is 27.8 Å². The third kappa shape index (κ3) is 4.49. The Balaban J connectivity index is 1.37. The van der Waals surface area contributed by atoms with Crippen molar-refractivity contribution in [3.8, 4) is 11.4 Å². The Morgan fingerprint density at radius 2 is 1.81 bits per heavy atom. The van der Waals surface area contributed by atoms with E-state index in [-0.39, 0.29) is 37.8 Å². The van der Waals surface area contributed by atoms with Gasteiger partial charge < -0.3 is 10.3 Å². The summed E-state index contributed by atoms with van der Waals surface area (Å²) in [5, 5.41) is 2.84. The van der Waals surface area contributed by atoms with E-state index < -0.39 is 26.6 Å². The molecule has 1 aliphatic heterocycles. The molecule has 0 aliphatic carbocycles. The molecule has 1 aromatic heterocycles. The summed E-state index contributed by atoms with van der Waals surface area (Å²) in [6, 6.07) is 9.53. The third-order valence-corrected chi connectivity index (χ3v) is 7.17. The van der Waals surface area contributed by atoms with Crippen molar-refractivity contribution < 1.29 is 22.0 Å². The number of rotatable bonds is 5. The van der Waals surface area contributed by atoms with Crippen LogP contribution in [0.25, 0.3) is 11.4 Å². The molecule has 4 rings (SSSR count). The van der Waals surface area contributed by atoms with Gasteiger partial charge in [0.15, 0.2) is 0 Å². The molecule has 0 radical (unpaired) electrons. The Hall–Kier alpha value is -3.11. The van der Waals surface area contributed by atoms with Crippen molar-refractivity contribution in [3.63, 3.8) is 0 Å². The molecular formula is C21H20F2N4O3S. The lowest BCUT2D eigenvalue weighted by Gasteiger charge is -2.30. The largest absolute Gasteiger partial charge is 0.345 e. The van der Waals surface area contributed by atoms with Crippen LogP contribution >= 0.6 is 0 Å². The first-order valence-corrected chi connectivity index (χ1v) is 11.1. The molecular weight excluding hydrogens is 426 g/mol. The number of hydrogen-bond acceptors (Lipinski definition) is 4. The highest BCUT2D eigenvalue weighted by molar-refractivity contribution is 7.89. The summed E-state index contributed by atoms with van der Waals surface area (Å²) in [5.74, 6) is -1.69. The number of aromatic amines is 1. The van der Waals surface area contributed by atoms with Crippen molar-refractivity contribution >= 4 is 21.6 Å². The summed E-state index contributed by atoms with van der Waals surface area (Å²) in [4.78, 5) is 19.1. The van der Waals surface area contributed by atoms with Crippen molar-refractivity contribution in [1.29, 1.82) is 0 Å². The van der Waals surface area contributed by atoms with Crippen LogP contribution in [0.5, 0.6) is 0 Å². The van der Waals surface area contributed by atoms with E-state index in [9.17, 15) is 22.0 Å². The molecule has 1 aliphatic rings.